The lowest BCUT2D eigenvalue weighted by Crippen LogP contribution is -2.26. The summed E-state index contributed by atoms with van der Waals surface area (Å²) in [6.45, 7) is 0.656. The lowest BCUT2D eigenvalue weighted by Gasteiger charge is -2.08. The molecule has 0 unspecified atom stereocenters. The molecular weight excluding hydrogens is 338 g/mol. The van der Waals surface area contributed by atoms with Crippen molar-refractivity contribution in [1.29, 1.82) is 0 Å². The summed E-state index contributed by atoms with van der Waals surface area (Å²) in [7, 11) is 0. The van der Waals surface area contributed by atoms with Crippen LogP contribution in [0.3, 0.4) is 0 Å². The van der Waals surface area contributed by atoms with Gasteiger partial charge in [0, 0.05) is 11.6 Å². The molecule has 1 N–H and O–H groups in total. The third-order valence-corrected chi connectivity index (χ3v) is 3.91. The smallest absolute Gasteiger partial charge is 0.307 e. The highest BCUT2D eigenvalue weighted by atomic mass is 35.5. The summed E-state index contributed by atoms with van der Waals surface area (Å²) < 4.78 is 10.4. The standard InChI is InChI=1S/C16H16ClNO4S/c17-12-3-5-13(6-4-12)21-9-10-22-15(19)7-8-18-16(20)14-2-1-11-23-14/h1-6,11H,7-10H2,(H,18,20). The number of benzene rings is 1. The Bertz CT molecular complexity index is 628. The summed E-state index contributed by atoms with van der Waals surface area (Å²) in [5.74, 6) is 0.101. The first kappa shape index (κ1) is 17.3. The molecule has 7 heteroatoms. The van der Waals surface area contributed by atoms with E-state index >= 15 is 0 Å². The molecule has 2 aromatic rings. The molecule has 0 fully saturated rings. The fourth-order valence-corrected chi connectivity index (χ4v) is 2.46. The molecule has 0 saturated heterocycles. The summed E-state index contributed by atoms with van der Waals surface area (Å²) in [4.78, 5) is 23.8. The van der Waals surface area contributed by atoms with Crippen LogP contribution in [0.15, 0.2) is 41.8 Å². The van der Waals surface area contributed by atoms with Gasteiger partial charge in [-0.1, -0.05) is 17.7 Å². The lowest BCUT2D eigenvalue weighted by atomic mass is 10.3. The highest BCUT2D eigenvalue weighted by Gasteiger charge is 2.08. The number of nitrogens with one attached hydrogen (secondary N) is 1. The minimum Gasteiger partial charge on any atom is -0.490 e. The highest BCUT2D eigenvalue weighted by Crippen LogP contribution is 2.15. The second-order valence-electron chi connectivity index (χ2n) is 4.51. The molecule has 0 aliphatic carbocycles. The van der Waals surface area contributed by atoms with Crippen LogP contribution >= 0.6 is 22.9 Å². The number of hydrogen-bond donors (Lipinski definition) is 1. The van der Waals surface area contributed by atoms with Gasteiger partial charge in [0.05, 0.1) is 11.3 Å². The molecule has 1 amide bonds. The molecule has 0 aliphatic heterocycles. The SMILES string of the molecule is O=C(CCNC(=O)c1cccs1)OCCOc1ccc(Cl)cc1. The topological polar surface area (TPSA) is 64.6 Å². The van der Waals surface area contributed by atoms with E-state index in [1.807, 2.05) is 5.38 Å². The zero-order chi connectivity index (χ0) is 16.5. The summed E-state index contributed by atoms with van der Waals surface area (Å²) in [6, 6.07) is 10.5. The summed E-state index contributed by atoms with van der Waals surface area (Å²) >= 11 is 7.12. The quantitative estimate of drug-likeness (QED) is 0.585. The first-order chi connectivity index (χ1) is 11.1. The third kappa shape index (κ3) is 6.30. The second kappa shape index (κ2) is 9.17. The van der Waals surface area contributed by atoms with Crippen molar-refractivity contribution in [3.05, 3.63) is 51.7 Å². The lowest BCUT2D eigenvalue weighted by molar-refractivity contribution is -0.144. The summed E-state index contributed by atoms with van der Waals surface area (Å²) in [6.07, 6.45) is 0.123. The molecule has 2 rings (SSSR count). The van der Waals surface area contributed by atoms with Crippen molar-refractivity contribution in [2.24, 2.45) is 0 Å². The van der Waals surface area contributed by atoms with E-state index in [0.717, 1.165) is 0 Å². The van der Waals surface area contributed by atoms with E-state index in [2.05, 4.69) is 5.32 Å². The Kier molecular flexibility index (Phi) is 6.90. The molecular formula is C16H16ClNO4S. The number of carbonyl (C=O) groups excluding carboxylic acids is 2. The van der Waals surface area contributed by atoms with E-state index in [1.54, 1.807) is 36.4 Å². The predicted octanol–water partition coefficient (Wildman–Crippen LogP) is 3.14. The zero-order valence-electron chi connectivity index (χ0n) is 12.3. The summed E-state index contributed by atoms with van der Waals surface area (Å²) in [5.41, 5.74) is 0. The number of rotatable bonds is 8. The maximum Gasteiger partial charge on any atom is 0.307 e. The van der Waals surface area contributed by atoms with Crippen molar-refractivity contribution in [3.63, 3.8) is 0 Å². The normalized spacial score (nSPS) is 10.1. The van der Waals surface area contributed by atoms with Gasteiger partial charge in [-0.25, -0.2) is 0 Å². The van der Waals surface area contributed by atoms with Crippen molar-refractivity contribution in [1.82, 2.24) is 5.32 Å². The second-order valence-corrected chi connectivity index (χ2v) is 5.89. The molecule has 23 heavy (non-hydrogen) atoms. The molecule has 0 bridgehead atoms. The molecule has 122 valence electrons. The van der Waals surface area contributed by atoms with Crippen LogP contribution in [0.5, 0.6) is 5.75 Å². The summed E-state index contributed by atoms with van der Waals surface area (Å²) in [5, 5.41) is 5.12. The number of halogens is 1. The first-order valence-electron chi connectivity index (χ1n) is 7.01. The van der Waals surface area contributed by atoms with Gasteiger partial charge in [0.25, 0.3) is 5.91 Å². The molecule has 0 aliphatic rings. The maximum absolute atomic E-state index is 11.6. The van der Waals surface area contributed by atoms with Gasteiger partial charge in [0.2, 0.25) is 0 Å². The van der Waals surface area contributed by atoms with E-state index in [-0.39, 0.29) is 38.1 Å². The van der Waals surface area contributed by atoms with Crippen LogP contribution in [-0.2, 0) is 9.53 Å². The van der Waals surface area contributed by atoms with Crippen LogP contribution in [0.1, 0.15) is 16.1 Å². The highest BCUT2D eigenvalue weighted by molar-refractivity contribution is 7.12. The zero-order valence-corrected chi connectivity index (χ0v) is 13.9. The number of amides is 1. The van der Waals surface area contributed by atoms with Gasteiger partial charge in [-0.05, 0) is 35.7 Å². The number of esters is 1. The maximum atomic E-state index is 11.6. The Morgan fingerprint density at radius 3 is 2.61 bits per heavy atom. The van der Waals surface area contributed by atoms with Gasteiger partial charge in [-0.15, -0.1) is 11.3 Å². The molecule has 5 nitrogen and oxygen atoms in total. The van der Waals surface area contributed by atoms with Crippen LogP contribution in [0.25, 0.3) is 0 Å². The number of carbonyl (C=O) groups is 2. The Hall–Kier alpha value is -2.05. The molecule has 1 heterocycles. The van der Waals surface area contributed by atoms with E-state index in [0.29, 0.717) is 15.6 Å². The Balaban J connectivity index is 1.55. The molecule has 1 aromatic heterocycles. The molecule has 0 radical (unpaired) electrons. The van der Waals surface area contributed by atoms with Gasteiger partial charge in [-0.3, -0.25) is 9.59 Å². The minimum absolute atomic E-state index is 0.123. The average Bonchev–Trinajstić information content (AvgIpc) is 3.08. The van der Waals surface area contributed by atoms with E-state index in [9.17, 15) is 9.59 Å². The van der Waals surface area contributed by atoms with Crippen molar-refractivity contribution >= 4 is 34.8 Å². The third-order valence-electron chi connectivity index (χ3n) is 2.79. The van der Waals surface area contributed by atoms with Crippen LogP contribution in [-0.4, -0.2) is 31.6 Å². The van der Waals surface area contributed by atoms with E-state index in [1.165, 1.54) is 11.3 Å². The van der Waals surface area contributed by atoms with Gasteiger partial charge in [0.1, 0.15) is 19.0 Å². The predicted molar refractivity (Wildman–Crippen MR) is 89.2 cm³/mol. The average molecular weight is 354 g/mol. The Morgan fingerprint density at radius 1 is 1.13 bits per heavy atom. The number of thiophene rings is 1. The molecule has 0 spiro atoms. The van der Waals surface area contributed by atoms with Crippen LogP contribution in [0.2, 0.25) is 5.02 Å². The molecule has 0 saturated carbocycles. The van der Waals surface area contributed by atoms with Crippen molar-refractivity contribution < 1.29 is 19.1 Å². The van der Waals surface area contributed by atoms with Gasteiger partial charge in [0.15, 0.2) is 0 Å². The molecule has 1 aromatic carbocycles. The Morgan fingerprint density at radius 2 is 1.91 bits per heavy atom. The van der Waals surface area contributed by atoms with Crippen LogP contribution in [0, 0.1) is 0 Å². The van der Waals surface area contributed by atoms with Crippen LogP contribution < -0.4 is 10.1 Å². The number of hydrogen-bond acceptors (Lipinski definition) is 5. The first-order valence-corrected chi connectivity index (χ1v) is 8.26. The Labute approximate surface area is 143 Å². The fraction of sp³-hybridized carbons (Fsp3) is 0.250. The van der Waals surface area contributed by atoms with E-state index < -0.39 is 0 Å². The van der Waals surface area contributed by atoms with Gasteiger partial charge in [-0.2, -0.15) is 0 Å². The fourth-order valence-electron chi connectivity index (χ4n) is 1.69. The van der Waals surface area contributed by atoms with E-state index in [4.69, 9.17) is 21.1 Å². The van der Waals surface area contributed by atoms with Crippen LogP contribution in [0.4, 0.5) is 0 Å². The van der Waals surface area contributed by atoms with Crippen molar-refractivity contribution in [2.75, 3.05) is 19.8 Å². The monoisotopic (exact) mass is 353 g/mol. The number of ether oxygens (including phenoxy) is 2. The largest absolute Gasteiger partial charge is 0.490 e. The minimum atomic E-state index is -0.379. The van der Waals surface area contributed by atoms with Crippen molar-refractivity contribution in [2.45, 2.75) is 6.42 Å². The van der Waals surface area contributed by atoms with Gasteiger partial charge < -0.3 is 14.8 Å². The van der Waals surface area contributed by atoms with Gasteiger partial charge >= 0.3 is 5.97 Å². The molecule has 0 atom stereocenters. The van der Waals surface area contributed by atoms with Crippen molar-refractivity contribution in [3.8, 4) is 5.75 Å².